The summed E-state index contributed by atoms with van der Waals surface area (Å²) in [6, 6.07) is 75.3. The molecule has 0 heterocycles. The molecule has 58 heavy (non-hydrogen) atoms. The normalized spacial score (nSPS) is 11.1. The van der Waals surface area contributed by atoms with Gasteiger partial charge in [-0.1, -0.05) is 206 Å². The molecule has 9 rings (SSSR count). The Labute approximate surface area is 343 Å². The van der Waals surface area contributed by atoms with Crippen molar-refractivity contribution in [1.82, 2.24) is 0 Å². The lowest BCUT2D eigenvalue weighted by molar-refractivity contribution is 1.39. The molecular formula is C58H46. The third-order valence-electron chi connectivity index (χ3n) is 11.7. The van der Waals surface area contributed by atoms with Crippen LogP contribution in [0.3, 0.4) is 0 Å². The monoisotopic (exact) mass is 742 g/mol. The van der Waals surface area contributed by atoms with Crippen molar-refractivity contribution in [2.45, 2.75) is 27.7 Å². The molecular weight excluding hydrogens is 697 g/mol. The number of hydrogen-bond acceptors (Lipinski definition) is 0. The van der Waals surface area contributed by atoms with E-state index in [2.05, 4.69) is 234 Å². The van der Waals surface area contributed by atoms with Gasteiger partial charge in [0.2, 0.25) is 0 Å². The Kier molecular flexibility index (Phi) is 10.0. The van der Waals surface area contributed by atoms with Crippen LogP contribution >= 0.6 is 0 Å². The Morgan fingerprint density at radius 2 is 0.483 bits per heavy atom. The Morgan fingerprint density at radius 3 is 0.914 bits per heavy atom. The first-order chi connectivity index (χ1) is 28.4. The zero-order valence-electron chi connectivity index (χ0n) is 33.6. The van der Waals surface area contributed by atoms with Crippen molar-refractivity contribution in [2.24, 2.45) is 0 Å². The summed E-state index contributed by atoms with van der Waals surface area (Å²) in [4.78, 5) is 0. The lowest BCUT2D eigenvalue weighted by Crippen LogP contribution is -1.93. The minimum Gasteiger partial charge on any atom is -0.0622 e. The molecule has 0 spiro atoms. The quantitative estimate of drug-likeness (QED) is 0.145. The zero-order valence-corrected chi connectivity index (χ0v) is 33.6. The predicted molar refractivity (Wildman–Crippen MR) is 249 cm³/mol. The lowest BCUT2D eigenvalue weighted by Gasteiger charge is -2.18. The Morgan fingerprint density at radius 1 is 0.190 bits per heavy atom. The maximum absolute atomic E-state index is 2.36. The molecule has 0 atom stereocenters. The molecule has 0 aromatic heterocycles. The van der Waals surface area contributed by atoms with Crippen molar-refractivity contribution in [2.75, 3.05) is 0 Å². The molecule has 0 bridgehead atoms. The van der Waals surface area contributed by atoms with Gasteiger partial charge in [0, 0.05) is 0 Å². The fraction of sp³-hybridized carbons (Fsp3) is 0.0690. The Bertz CT molecular complexity index is 2900. The molecule has 0 saturated heterocycles. The van der Waals surface area contributed by atoms with Gasteiger partial charge in [0.15, 0.2) is 0 Å². The molecule has 0 aliphatic rings. The minimum atomic E-state index is 1.22. The Balaban J connectivity index is 0.996. The average molecular weight is 743 g/mol. The second-order valence-electron chi connectivity index (χ2n) is 15.5. The van der Waals surface area contributed by atoms with E-state index in [4.69, 9.17) is 0 Å². The second-order valence-corrected chi connectivity index (χ2v) is 15.5. The van der Waals surface area contributed by atoms with Crippen LogP contribution in [0.4, 0.5) is 0 Å². The topological polar surface area (TPSA) is 0 Å². The first kappa shape index (κ1) is 36.6. The van der Waals surface area contributed by atoms with Crippen LogP contribution in [0.15, 0.2) is 206 Å². The summed E-state index contributed by atoms with van der Waals surface area (Å²) in [5.41, 5.74) is 25.1. The standard InChI is InChI=1S/C58H46/c1-39-35-46(27-31-50(39)52-33-29-48(37-41(52)3)55-24-15-14-23-54(55)43-17-8-5-9-18-43)47-28-32-51(40(2)36-47)53-34-30-49(38-42(53)4)57-26-16-25-56(44-19-10-6-11-20-44)58(57)45-21-12-7-13-22-45/h5-38H,1-4H3. The number of hydrogen-bond donors (Lipinski definition) is 0. The third-order valence-corrected chi connectivity index (χ3v) is 11.7. The van der Waals surface area contributed by atoms with Gasteiger partial charge in [0.25, 0.3) is 0 Å². The summed E-state index contributed by atoms with van der Waals surface area (Å²) in [5.74, 6) is 0. The second kappa shape index (κ2) is 15.8. The van der Waals surface area contributed by atoms with E-state index in [-0.39, 0.29) is 0 Å². The third kappa shape index (κ3) is 7.10. The predicted octanol–water partition coefficient (Wildman–Crippen LogP) is 16.3. The first-order valence-corrected chi connectivity index (χ1v) is 20.3. The van der Waals surface area contributed by atoms with Crippen LogP contribution in [0, 0.1) is 27.7 Å². The fourth-order valence-electron chi connectivity index (χ4n) is 8.73. The van der Waals surface area contributed by atoms with Gasteiger partial charge >= 0.3 is 0 Å². The SMILES string of the molecule is Cc1cc(-c2ccc(-c3ccc(-c4cccc(-c5ccccc5)c4-c4ccccc4)cc3C)c(C)c2)ccc1-c1ccc(-c2ccccc2-c2ccccc2)cc1C. The smallest absolute Gasteiger partial charge is 0.00268 e. The first-order valence-electron chi connectivity index (χ1n) is 20.3. The molecule has 9 aromatic rings. The molecule has 0 aliphatic carbocycles. The number of rotatable bonds is 8. The maximum atomic E-state index is 2.36. The fourth-order valence-corrected chi connectivity index (χ4v) is 8.73. The van der Waals surface area contributed by atoms with Crippen LogP contribution in [-0.2, 0) is 0 Å². The highest BCUT2D eigenvalue weighted by molar-refractivity contribution is 5.95. The van der Waals surface area contributed by atoms with Gasteiger partial charge in [-0.3, -0.25) is 0 Å². The van der Waals surface area contributed by atoms with Crippen LogP contribution in [-0.4, -0.2) is 0 Å². The summed E-state index contributed by atoms with van der Waals surface area (Å²) >= 11 is 0. The van der Waals surface area contributed by atoms with Gasteiger partial charge in [-0.25, -0.2) is 0 Å². The molecule has 0 radical (unpaired) electrons. The van der Waals surface area contributed by atoms with Crippen LogP contribution in [0.1, 0.15) is 22.3 Å². The molecule has 0 heteroatoms. The van der Waals surface area contributed by atoms with E-state index < -0.39 is 0 Å². The molecule has 278 valence electrons. The highest BCUT2D eigenvalue weighted by atomic mass is 14.2. The van der Waals surface area contributed by atoms with Crippen molar-refractivity contribution >= 4 is 0 Å². The van der Waals surface area contributed by atoms with Crippen molar-refractivity contribution in [1.29, 1.82) is 0 Å². The minimum absolute atomic E-state index is 1.22. The molecule has 0 saturated carbocycles. The van der Waals surface area contributed by atoms with E-state index in [0.717, 1.165) is 0 Å². The maximum Gasteiger partial charge on any atom is -0.00268 e. The summed E-state index contributed by atoms with van der Waals surface area (Å²) in [6.07, 6.45) is 0. The zero-order chi connectivity index (χ0) is 39.6. The van der Waals surface area contributed by atoms with E-state index in [1.807, 2.05) is 0 Å². The molecule has 9 aromatic carbocycles. The summed E-state index contributed by atoms with van der Waals surface area (Å²) < 4.78 is 0. The van der Waals surface area contributed by atoms with Gasteiger partial charge in [0.05, 0.1) is 0 Å². The van der Waals surface area contributed by atoms with Gasteiger partial charge < -0.3 is 0 Å². The molecule has 0 N–H and O–H groups in total. The molecule has 0 fully saturated rings. The van der Waals surface area contributed by atoms with Crippen LogP contribution in [0.2, 0.25) is 0 Å². The average Bonchev–Trinajstić information content (AvgIpc) is 3.27. The molecule has 0 nitrogen and oxygen atoms in total. The van der Waals surface area contributed by atoms with Gasteiger partial charge in [0.1, 0.15) is 0 Å². The molecule has 0 amide bonds. The number of aryl methyl sites for hydroxylation is 4. The highest BCUT2D eigenvalue weighted by Crippen LogP contribution is 2.42. The van der Waals surface area contributed by atoms with Crippen LogP contribution in [0.25, 0.3) is 89.0 Å². The van der Waals surface area contributed by atoms with E-state index in [1.165, 1.54) is 111 Å². The summed E-state index contributed by atoms with van der Waals surface area (Å²) in [5, 5.41) is 0. The Hall–Kier alpha value is -7.02. The van der Waals surface area contributed by atoms with Crippen molar-refractivity contribution in [3.05, 3.63) is 229 Å². The summed E-state index contributed by atoms with van der Waals surface area (Å²) in [7, 11) is 0. The lowest BCUT2D eigenvalue weighted by atomic mass is 9.86. The largest absolute Gasteiger partial charge is 0.0622 e. The van der Waals surface area contributed by atoms with Crippen molar-refractivity contribution < 1.29 is 0 Å². The number of benzene rings is 9. The summed E-state index contributed by atoms with van der Waals surface area (Å²) in [6.45, 7) is 8.96. The molecule has 0 unspecified atom stereocenters. The molecule has 0 aliphatic heterocycles. The van der Waals surface area contributed by atoms with E-state index in [1.54, 1.807) is 0 Å². The van der Waals surface area contributed by atoms with Gasteiger partial charge in [-0.15, -0.1) is 0 Å². The van der Waals surface area contributed by atoms with E-state index in [9.17, 15) is 0 Å². The van der Waals surface area contributed by atoms with Gasteiger partial charge in [-0.05, 0) is 139 Å². The van der Waals surface area contributed by atoms with Crippen LogP contribution in [0.5, 0.6) is 0 Å². The van der Waals surface area contributed by atoms with Crippen molar-refractivity contribution in [3.8, 4) is 89.0 Å². The van der Waals surface area contributed by atoms with Gasteiger partial charge in [-0.2, -0.15) is 0 Å². The highest BCUT2D eigenvalue weighted by Gasteiger charge is 2.17. The van der Waals surface area contributed by atoms with Crippen LogP contribution < -0.4 is 0 Å². The van der Waals surface area contributed by atoms with E-state index in [0.29, 0.717) is 0 Å². The van der Waals surface area contributed by atoms with E-state index >= 15 is 0 Å². The van der Waals surface area contributed by atoms with Crippen molar-refractivity contribution in [3.63, 3.8) is 0 Å².